The molecule has 2 atom stereocenters. The molecule has 2 nitrogen and oxygen atoms in total. The summed E-state index contributed by atoms with van der Waals surface area (Å²) in [6, 6.07) is 5.64. The Morgan fingerprint density at radius 1 is 1.19 bits per heavy atom. The maximum Gasteiger partial charge on any atom is 0.0929 e. The van der Waals surface area contributed by atoms with E-state index >= 15 is 0 Å². The van der Waals surface area contributed by atoms with Crippen molar-refractivity contribution in [3.05, 3.63) is 33.8 Å². The molecule has 0 amide bonds. The standard InChI is InChI=1S/C17H25Cl2NO/c1-12(13-6-4-2-3-5-7-13)20-11-17(21)15-10-14(18)8-9-16(15)19/h8-10,12-13,17,20-21H,2-7,11H2,1H3/t12-,17?/m1/s1. The largest absolute Gasteiger partial charge is 0.387 e. The quantitative estimate of drug-likeness (QED) is 0.747. The van der Waals surface area contributed by atoms with E-state index in [1.54, 1.807) is 18.2 Å². The van der Waals surface area contributed by atoms with Crippen LogP contribution in [0.3, 0.4) is 0 Å². The predicted molar refractivity (Wildman–Crippen MR) is 90.1 cm³/mol. The monoisotopic (exact) mass is 329 g/mol. The number of rotatable bonds is 5. The van der Waals surface area contributed by atoms with Crippen molar-refractivity contribution in [2.24, 2.45) is 5.92 Å². The van der Waals surface area contributed by atoms with Crippen molar-refractivity contribution in [1.82, 2.24) is 5.32 Å². The summed E-state index contributed by atoms with van der Waals surface area (Å²) in [6.07, 6.45) is 7.36. The highest BCUT2D eigenvalue weighted by atomic mass is 35.5. The fourth-order valence-corrected chi connectivity index (χ4v) is 3.58. The van der Waals surface area contributed by atoms with Crippen LogP contribution in [0.15, 0.2) is 18.2 Å². The lowest BCUT2D eigenvalue weighted by molar-refractivity contribution is 0.164. The van der Waals surface area contributed by atoms with Crippen LogP contribution in [0, 0.1) is 5.92 Å². The summed E-state index contributed by atoms with van der Waals surface area (Å²) in [5.74, 6) is 0.717. The number of hydrogen-bond donors (Lipinski definition) is 2. The molecule has 1 aliphatic carbocycles. The van der Waals surface area contributed by atoms with Crippen molar-refractivity contribution in [3.63, 3.8) is 0 Å². The van der Waals surface area contributed by atoms with Gasteiger partial charge in [-0.1, -0.05) is 48.9 Å². The van der Waals surface area contributed by atoms with Gasteiger partial charge in [0.25, 0.3) is 0 Å². The zero-order chi connectivity index (χ0) is 15.2. The Morgan fingerprint density at radius 2 is 1.86 bits per heavy atom. The Hall–Kier alpha value is -0.280. The lowest BCUT2D eigenvalue weighted by Crippen LogP contribution is -2.36. The van der Waals surface area contributed by atoms with Gasteiger partial charge < -0.3 is 10.4 Å². The Kier molecular flexibility index (Phi) is 6.81. The number of benzene rings is 1. The van der Waals surface area contributed by atoms with Crippen molar-refractivity contribution < 1.29 is 5.11 Å². The second-order valence-electron chi connectivity index (χ2n) is 6.13. The van der Waals surface area contributed by atoms with Crippen molar-refractivity contribution in [2.75, 3.05) is 6.54 Å². The van der Waals surface area contributed by atoms with Crippen LogP contribution in [0.2, 0.25) is 10.0 Å². The minimum Gasteiger partial charge on any atom is -0.387 e. The minimum absolute atomic E-state index is 0.427. The topological polar surface area (TPSA) is 32.3 Å². The SMILES string of the molecule is C[C@@H](NCC(O)c1cc(Cl)ccc1Cl)C1CCCCCC1. The van der Waals surface area contributed by atoms with E-state index in [4.69, 9.17) is 23.2 Å². The van der Waals surface area contributed by atoms with Crippen LogP contribution < -0.4 is 5.32 Å². The molecule has 1 aliphatic rings. The van der Waals surface area contributed by atoms with Gasteiger partial charge in [0.1, 0.15) is 0 Å². The molecule has 0 aliphatic heterocycles. The van der Waals surface area contributed by atoms with Gasteiger partial charge in [0.2, 0.25) is 0 Å². The van der Waals surface area contributed by atoms with E-state index < -0.39 is 6.10 Å². The van der Waals surface area contributed by atoms with Gasteiger partial charge in [0.05, 0.1) is 6.10 Å². The Balaban J connectivity index is 1.87. The van der Waals surface area contributed by atoms with Crippen molar-refractivity contribution in [1.29, 1.82) is 0 Å². The highest BCUT2D eigenvalue weighted by Gasteiger charge is 2.20. The lowest BCUT2D eigenvalue weighted by atomic mass is 9.93. The Morgan fingerprint density at radius 3 is 2.52 bits per heavy atom. The average molecular weight is 330 g/mol. The third kappa shape index (κ3) is 5.14. The Labute approximate surface area is 137 Å². The van der Waals surface area contributed by atoms with Crippen LogP contribution in [-0.4, -0.2) is 17.7 Å². The van der Waals surface area contributed by atoms with Crippen molar-refractivity contribution in [3.8, 4) is 0 Å². The van der Waals surface area contributed by atoms with E-state index in [1.165, 1.54) is 38.5 Å². The third-order valence-corrected chi connectivity index (χ3v) is 5.14. The van der Waals surface area contributed by atoms with Crippen molar-refractivity contribution in [2.45, 2.75) is 57.6 Å². The summed E-state index contributed by atoms with van der Waals surface area (Å²) in [5, 5.41) is 15.0. The van der Waals surface area contributed by atoms with Gasteiger partial charge >= 0.3 is 0 Å². The first-order chi connectivity index (χ1) is 10.1. The molecule has 1 unspecified atom stereocenters. The highest BCUT2D eigenvalue weighted by molar-refractivity contribution is 6.33. The molecular weight excluding hydrogens is 305 g/mol. The van der Waals surface area contributed by atoms with Gasteiger partial charge in [0, 0.05) is 28.2 Å². The van der Waals surface area contributed by atoms with Crippen LogP contribution in [0.5, 0.6) is 0 Å². The molecule has 0 heterocycles. The molecule has 0 aromatic heterocycles. The number of aliphatic hydroxyl groups is 1. The fraction of sp³-hybridized carbons (Fsp3) is 0.647. The summed E-state index contributed by atoms with van der Waals surface area (Å²) in [5.41, 5.74) is 0.699. The fourth-order valence-electron chi connectivity index (χ4n) is 3.16. The summed E-state index contributed by atoms with van der Waals surface area (Å²) in [4.78, 5) is 0. The number of nitrogens with one attached hydrogen (secondary N) is 1. The second-order valence-corrected chi connectivity index (χ2v) is 6.97. The van der Waals surface area contributed by atoms with E-state index in [0.717, 1.165) is 5.92 Å². The van der Waals surface area contributed by atoms with Crippen LogP contribution in [0.25, 0.3) is 0 Å². The number of aliphatic hydroxyl groups excluding tert-OH is 1. The first-order valence-electron chi connectivity index (χ1n) is 7.94. The van der Waals surface area contributed by atoms with E-state index in [9.17, 15) is 5.11 Å². The van der Waals surface area contributed by atoms with Crippen LogP contribution >= 0.6 is 23.2 Å². The van der Waals surface area contributed by atoms with Crippen molar-refractivity contribution >= 4 is 23.2 Å². The van der Waals surface area contributed by atoms with E-state index in [1.807, 2.05) is 0 Å². The van der Waals surface area contributed by atoms with Crippen LogP contribution in [-0.2, 0) is 0 Å². The van der Waals surface area contributed by atoms with Crippen LogP contribution in [0.1, 0.15) is 57.1 Å². The van der Waals surface area contributed by atoms with Gasteiger partial charge in [-0.2, -0.15) is 0 Å². The molecular formula is C17H25Cl2NO. The molecule has 118 valence electrons. The summed E-state index contributed by atoms with van der Waals surface area (Å²) < 4.78 is 0. The predicted octanol–water partition coefficient (Wildman–Crippen LogP) is 4.98. The molecule has 1 saturated carbocycles. The summed E-state index contributed by atoms with van der Waals surface area (Å²) in [6.45, 7) is 2.74. The molecule has 0 bridgehead atoms. The average Bonchev–Trinajstić information content (AvgIpc) is 2.76. The zero-order valence-corrected chi connectivity index (χ0v) is 14.1. The van der Waals surface area contributed by atoms with E-state index in [2.05, 4.69) is 12.2 Å². The normalized spacial score (nSPS) is 20.0. The van der Waals surface area contributed by atoms with E-state index in [0.29, 0.717) is 28.2 Å². The minimum atomic E-state index is -0.621. The Bertz CT molecular complexity index is 444. The van der Waals surface area contributed by atoms with Gasteiger partial charge in [0.15, 0.2) is 0 Å². The zero-order valence-electron chi connectivity index (χ0n) is 12.6. The first kappa shape index (κ1) is 17.1. The molecule has 0 radical (unpaired) electrons. The molecule has 1 fully saturated rings. The molecule has 21 heavy (non-hydrogen) atoms. The maximum absolute atomic E-state index is 10.3. The summed E-state index contributed by atoms with van der Waals surface area (Å²) >= 11 is 12.1. The lowest BCUT2D eigenvalue weighted by Gasteiger charge is -2.25. The second kappa shape index (κ2) is 8.38. The van der Waals surface area contributed by atoms with Gasteiger partial charge in [-0.05, 0) is 43.9 Å². The number of hydrogen-bond acceptors (Lipinski definition) is 2. The van der Waals surface area contributed by atoms with Crippen LogP contribution in [0.4, 0.5) is 0 Å². The number of halogens is 2. The van der Waals surface area contributed by atoms with E-state index in [-0.39, 0.29) is 0 Å². The smallest absolute Gasteiger partial charge is 0.0929 e. The first-order valence-corrected chi connectivity index (χ1v) is 8.70. The molecule has 1 aromatic carbocycles. The molecule has 0 saturated heterocycles. The third-order valence-electron chi connectivity index (χ3n) is 4.56. The summed E-state index contributed by atoms with van der Waals surface area (Å²) in [7, 11) is 0. The molecule has 2 N–H and O–H groups in total. The maximum atomic E-state index is 10.3. The molecule has 0 spiro atoms. The molecule has 4 heteroatoms. The molecule has 1 aromatic rings. The molecule has 2 rings (SSSR count). The highest BCUT2D eigenvalue weighted by Crippen LogP contribution is 2.28. The van der Waals surface area contributed by atoms with Gasteiger partial charge in [-0.15, -0.1) is 0 Å². The van der Waals surface area contributed by atoms with Gasteiger partial charge in [-0.3, -0.25) is 0 Å². The van der Waals surface area contributed by atoms with Gasteiger partial charge in [-0.25, -0.2) is 0 Å².